The standard InChI is InChI=1S/C13H29NO6Si.C5H14O3Si/c1-12(13(15)20-9-8-16-2)11-14-7-6-10-21(17-3,18-4)19-5;1-5-9(6-2,7-3)8-4/h12,14H,6-11H2,1-5H3;5H2,1-4H3. The first-order valence-corrected chi connectivity index (χ1v) is 13.8. The zero-order valence-electron chi connectivity index (χ0n) is 20.2. The van der Waals surface area contributed by atoms with Gasteiger partial charge in [0.25, 0.3) is 0 Å². The molecule has 0 aromatic heterocycles. The van der Waals surface area contributed by atoms with Crippen LogP contribution in [0.5, 0.6) is 0 Å². The average Bonchev–Trinajstić information content (AvgIpc) is 2.79. The predicted molar refractivity (Wildman–Crippen MR) is 118 cm³/mol. The van der Waals surface area contributed by atoms with Crippen molar-refractivity contribution < 1.29 is 40.8 Å². The average molecular weight is 474 g/mol. The number of ether oxygens (including phenoxy) is 2. The van der Waals surface area contributed by atoms with E-state index in [9.17, 15) is 4.79 Å². The van der Waals surface area contributed by atoms with Gasteiger partial charge in [0.05, 0.1) is 12.5 Å². The zero-order chi connectivity index (χ0) is 23.5. The normalized spacial score (nSPS) is 12.8. The summed E-state index contributed by atoms with van der Waals surface area (Å²) >= 11 is 0. The topological polar surface area (TPSA) is 103 Å². The summed E-state index contributed by atoms with van der Waals surface area (Å²) in [4.78, 5) is 11.6. The first-order chi connectivity index (χ1) is 14.3. The minimum absolute atomic E-state index is 0.184. The van der Waals surface area contributed by atoms with Crippen molar-refractivity contribution in [3.8, 4) is 0 Å². The maximum Gasteiger partial charge on any atom is 0.500 e. The van der Waals surface area contributed by atoms with Gasteiger partial charge in [0.2, 0.25) is 0 Å². The fraction of sp³-hybridized carbons (Fsp3) is 0.944. The Kier molecular flexibility index (Phi) is 20.4. The van der Waals surface area contributed by atoms with E-state index in [-0.39, 0.29) is 11.9 Å². The number of rotatable bonds is 17. The van der Waals surface area contributed by atoms with Crippen molar-refractivity contribution in [3.05, 3.63) is 0 Å². The molecule has 0 rings (SSSR count). The first-order valence-electron chi connectivity index (χ1n) is 9.96. The molecule has 30 heavy (non-hydrogen) atoms. The van der Waals surface area contributed by atoms with E-state index in [0.29, 0.717) is 19.8 Å². The van der Waals surface area contributed by atoms with E-state index in [1.165, 1.54) is 0 Å². The molecule has 0 heterocycles. The van der Waals surface area contributed by atoms with Crippen LogP contribution in [-0.2, 0) is 40.8 Å². The second-order valence-electron chi connectivity index (χ2n) is 6.31. The summed E-state index contributed by atoms with van der Waals surface area (Å²) in [5.41, 5.74) is 0. The second-order valence-corrected chi connectivity index (χ2v) is 12.7. The molecule has 0 amide bonds. The van der Waals surface area contributed by atoms with Gasteiger partial charge in [-0.1, -0.05) is 13.8 Å². The van der Waals surface area contributed by atoms with Gasteiger partial charge in [0, 0.05) is 68.4 Å². The van der Waals surface area contributed by atoms with E-state index in [0.717, 1.165) is 25.1 Å². The van der Waals surface area contributed by atoms with E-state index in [1.807, 2.05) is 13.8 Å². The Labute approximate surface area is 184 Å². The minimum Gasteiger partial charge on any atom is -0.463 e. The summed E-state index contributed by atoms with van der Waals surface area (Å²) in [6.07, 6.45) is 0.854. The number of methoxy groups -OCH3 is 1. The Morgan fingerprint density at radius 1 is 0.833 bits per heavy atom. The summed E-state index contributed by atoms with van der Waals surface area (Å²) in [5, 5.41) is 3.22. The molecule has 12 heteroatoms. The lowest BCUT2D eigenvalue weighted by molar-refractivity contribution is -0.149. The number of carbonyl (C=O) groups is 1. The van der Waals surface area contributed by atoms with Crippen LogP contribution in [0.4, 0.5) is 0 Å². The summed E-state index contributed by atoms with van der Waals surface area (Å²) in [6, 6.07) is 1.55. The molecule has 0 saturated heterocycles. The van der Waals surface area contributed by atoms with Crippen molar-refractivity contribution in [2.45, 2.75) is 32.4 Å². The van der Waals surface area contributed by atoms with E-state index < -0.39 is 17.6 Å². The highest BCUT2D eigenvalue weighted by Crippen LogP contribution is 2.14. The number of hydrogen-bond acceptors (Lipinski definition) is 10. The molecular formula is C18H43NO9Si2. The van der Waals surface area contributed by atoms with Crippen molar-refractivity contribution in [3.63, 3.8) is 0 Å². The van der Waals surface area contributed by atoms with Crippen LogP contribution >= 0.6 is 0 Å². The largest absolute Gasteiger partial charge is 0.500 e. The third-order valence-electron chi connectivity index (χ3n) is 4.52. The van der Waals surface area contributed by atoms with E-state index in [4.69, 9.17) is 36.0 Å². The smallest absolute Gasteiger partial charge is 0.463 e. The van der Waals surface area contributed by atoms with Gasteiger partial charge >= 0.3 is 23.6 Å². The molecule has 0 aromatic carbocycles. The van der Waals surface area contributed by atoms with Crippen LogP contribution in [0, 0.1) is 5.92 Å². The van der Waals surface area contributed by atoms with Gasteiger partial charge in [-0.25, -0.2) is 0 Å². The van der Waals surface area contributed by atoms with E-state index in [1.54, 1.807) is 49.8 Å². The highest BCUT2D eigenvalue weighted by molar-refractivity contribution is 6.60. The highest BCUT2D eigenvalue weighted by Gasteiger charge is 2.36. The quantitative estimate of drug-likeness (QED) is 0.190. The molecule has 1 atom stereocenters. The molecule has 0 aromatic rings. The van der Waals surface area contributed by atoms with Crippen molar-refractivity contribution in [1.82, 2.24) is 5.32 Å². The molecule has 0 aliphatic rings. The monoisotopic (exact) mass is 473 g/mol. The fourth-order valence-corrected chi connectivity index (χ4v) is 5.53. The summed E-state index contributed by atoms with van der Waals surface area (Å²) < 4.78 is 41.1. The molecule has 0 aliphatic heterocycles. The van der Waals surface area contributed by atoms with Crippen LogP contribution in [0.15, 0.2) is 0 Å². The van der Waals surface area contributed by atoms with Gasteiger partial charge in [-0.3, -0.25) is 4.79 Å². The Hall–Kier alpha value is -0.416. The van der Waals surface area contributed by atoms with Crippen LogP contribution < -0.4 is 5.32 Å². The zero-order valence-corrected chi connectivity index (χ0v) is 22.2. The predicted octanol–water partition coefficient (Wildman–Crippen LogP) is 1.55. The molecule has 0 radical (unpaired) electrons. The van der Waals surface area contributed by atoms with Gasteiger partial charge in [0.15, 0.2) is 0 Å². The number of esters is 1. The Bertz CT molecular complexity index is 385. The molecule has 182 valence electrons. The molecule has 0 saturated carbocycles. The molecule has 0 fully saturated rings. The number of nitrogens with one attached hydrogen (secondary N) is 1. The van der Waals surface area contributed by atoms with Crippen LogP contribution in [0.3, 0.4) is 0 Å². The SMILES string of the molecule is CC[Si](OC)(OC)OC.COCCOC(=O)C(C)CNCCC[Si](OC)(OC)OC. The van der Waals surface area contributed by atoms with Gasteiger partial charge in [-0.2, -0.15) is 0 Å². The summed E-state index contributed by atoms with van der Waals surface area (Å²) in [6.45, 7) is 5.88. The summed E-state index contributed by atoms with van der Waals surface area (Å²) in [7, 11) is 6.54. The Morgan fingerprint density at radius 3 is 1.70 bits per heavy atom. The van der Waals surface area contributed by atoms with Crippen LogP contribution in [0.25, 0.3) is 0 Å². The van der Waals surface area contributed by atoms with Gasteiger partial charge in [-0.15, -0.1) is 0 Å². The van der Waals surface area contributed by atoms with Gasteiger partial charge < -0.3 is 41.3 Å². The van der Waals surface area contributed by atoms with Crippen LogP contribution in [0.1, 0.15) is 20.3 Å². The lowest BCUT2D eigenvalue weighted by atomic mass is 10.2. The fourth-order valence-electron chi connectivity index (χ4n) is 2.44. The molecule has 10 nitrogen and oxygen atoms in total. The molecule has 0 spiro atoms. The number of carbonyl (C=O) groups excluding carboxylic acids is 1. The van der Waals surface area contributed by atoms with E-state index in [2.05, 4.69) is 5.32 Å². The minimum atomic E-state index is -2.48. The Balaban J connectivity index is 0. The lowest BCUT2D eigenvalue weighted by Gasteiger charge is -2.24. The molecule has 0 bridgehead atoms. The van der Waals surface area contributed by atoms with Gasteiger partial charge in [-0.05, 0) is 13.0 Å². The maximum atomic E-state index is 11.6. The van der Waals surface area contributed by atoms with Crippen LogP contribution in [-0.4, -0.2) is 99.7 Å². The van der Waals surface area contributed by atoms with Crippen LogP contribution in [0.2, 0.25) is 12.1 Å². The van der Waals surface area contributed by atoms with E-state index >= 15 is 0 Å². The summed E-state index contributed by atoms with van der Waals surface area (Å²) in [5.74, 6) is -0.398. The Morgan fingerprint density at radius 2 is 1.33 bits per heavy atom. The molecule has 1 N–H and O–H groups in total. The molecular weight excluding hydrogens is 430 g/mol. The highest BCUT2D eigenvalue weighted by atomic mass is 28.4. The second kappa shape index (κ2) is 19.3. The van der Waals surface area contributed by atoms with Gasteiger partial charge in [0.1, 0.15) is 6.61 Å². The van der Waals surface area contributed by atoms with Crippen molar-refractivity contribution in [1.29, 1.82) is 0 Å². The maximum absolute atomic E-state index is 11.6. The molecule has 1 unspecified atom stereocenters. The molecule has 0 aliphatic carbocycles. The third kappa shape index (κ3) is 13.1. The number of hydrogen-bond donors (Lipinski definition) is 1. The van der Waals surface area contributed by atoms with Crippen molar-refractivity contribution >= 4 is 23.6 Å². The first kappa shape index (κ1) is 31.8. The van der Waals surface area contributed by atoms with Crippen molar-refractivity contribution in [2.24, 2.45) is 5.92 Å². The third-order valence-corrected chi connectivity index (χ3v) is 10.1. The van der Waals surface area contributed by atoms with Crippen molar-refractivity contribution in [2.75, 3.05) is 76.1 Å². The lowest BCUT2D eigenvalue weighted by Crippen LogP contribution is -2.43.